The lowest BCUT2D eigenvalue weighted by molar-refractivity contribution is 0.584. The maximum Gasteiger partial charge on any atom is 0.240 e. The van der Waals surface area contributed by atoms with Gasteiger partial charge in [-0.2, -0.15) is 0 Å². The summed E-state index contributed by atoms with van der Waals surface area (Å²) in [4.78, 5) is 7.53. The standard InChI is InChI=1S/C21H24N4O2S/c1-2-23-28(26,27)18-9-7-16(8-10-18)20-15-17-5-3-4-6-19(17)21(24-20)25-13-11-22-12-14-25/h3-10,15,22-23H,2,11-14H2,1H3. The van der Waals surface area contributed by atoms with Gasteiger partial charge in [-0.1, -0.05) is 43.3 Å². The highest BCUT2D eigenvalue weighted by molar-refractivity contribution is 7.89. The molecular formula is C21H24N4O2S. The number of hydrogen-bond acceptors (Lipinski definition) is 5. The molecular weight excluding hydrogens is 372 g/mol. The van der Waals surface area contributed by atoms with Gasteiger partial charge in [-0.3, -0.25) is 0 Å². The molecule has 0 spiro atoms. The van der Waals surface area contributed by atoms with Crippen molar-refractivity contribution in [3.63, 3.8) is 0 Å². The monoisotopic (exact) mass is 396 g/mol. The van der Waals surface area contributed by atoms with E-state index in [1.807, 2.05) is 24.3 Å². The van der Waals surface area contributed by atoms with Crippen LogP contribution in [0.15, 0.2) is 59.5 Å². The van der Waals surface area contributed by atoms with Crippen LogP contribution >= 0.6 is 0 Å². The zero-order chi connectivity index (χ0) is 19.6. The predicted octanol–water partition coefficient (Wildman–Crippen LogP) is 2.61. The lowest BCUT2D eigenvalue weighted by atomic mass is 10.1. The summed E-state index contributed by atoms with van der Waals surface area (Å²) >= 11 is 0. The van der Waals surface area contributed by atoms with E-state index in [0.29, 0.717) is 6.54 Å². The summed E-state index contributed by atoms with van der Waals surface area (Å²) in [6.45, 7) is 5.85. The molecule has 2 heterocycles. The third-order valence-electron chi connectivity index (χ3n) is 4.93. The van der Waals surface area contributed by atoms with Gasteiger partial charge in [0.05, 0.1) is 10.6 Å². The molecule has 6 nitrogen and oxygen atoms in total. The maximum absolute atomic E-state index is 12.2. The molecule has 2 aromatic carbocycles. The van der Waals surface area contributed by atoms with Gasteiger partial charge < -0.3 is 10.2 Å². The van der Waals surface area contributed by atoms with E-state index in [1.54, 1.807) is 19.1 Å². The first-order valence-electron chi connectivity index (χ1n) is 9.54. The summed E-state index contributed by atoms with van der Waals surface area (Å²) in [6.07, 6.45) is 0. The van der Waals surface area contributed by atoms with Crippen molar-refractivity contribution in [2.45, 2.75) is 11.8 Å². The van der Waals surface area contributed by atoms with E-state index in [4.69, 9.17) is 4.98 Å². The van der Waals surface area contributed by atoms with Crippen LogP contribution < -0.4 is 14.9 Å². The van der Waals surface area contributed by atoms with E-state index < -0.39 is 10.0 Å². The summed E-state index contributed by atoms with van der Waals surface area (Å²) in [6, 6.07) is 17.2. The third kappa shape index (κ3) is 3.73. The fourth-order valence-corrected chi connectivity index (χ4v) is 4.57. The van der Waals surface area contributed by atoms with Crippen LogP contribution in [-0.2, 0) is 10.0 Å². The number of fused-ring (bicyclic) bond motifs is 1. The molecule has 2 N–H and O–H groups in total. The van der Waals surface area contributed by atoms with E-state index >= 15 is 0 Å². The highest BCUT2D eigenvalue weighted by Crippen LogP contribution is 2.30. The largest absolute Gasteiger partial charge is 0.354 e. The summed E-state index contributed by atoms with van der Waals surface area (Å²) < 4.78 is 26.9. The van der Waals surface area contributed by atoms with Crippen molar-refractivity contribution in [2.75, 3.05) is 37.6 Å². The van der Waals surface area contributed by atoms with Crippen LogP contribution in [0.1, 0.15) is 6.92 Å². The molecule has 0 unspecified atom stereocenters. The van der Waals surface area contributed by atoms with Gasteiger partial charge in [-0.15, -0.1) is 0 Å². The first kappa shape index (κ1) is 18.9. The molecule has 146 valence electrons. The molecule has 4 rings (SSSR count). The first-order valence-corrected chi connectivity index (χ1v) is 11.0. The molecule has 0 bridgehead atoms. The number of sulfonamides is 1. The van der Waals surface area contributed by atoms with Gasteiger partial charge in [0.15, 0.2) is 0 Å². The molecule has 1 aliphatic heterocycles. The Morgan fingerprint density at radius 1 is 1.07 bits per heavy atom. The van der Waals surface area contributed by atoms with E-state index in [9.17, 15) is 8.42 Å². The summed E-state index contributed by atoms with van der Waals surface area (Å²) in [5.41, 5.74) is 1.75. The number of benzene rings is 2. The Morgan fingerprint density at radius 3 is 2.50 bits per heavy atom. The van der Waals surface area contributed by atoms with Gasteiger partial charge in [0, 0.05) is 43.7 Å². The topological polar surface area (TPSA) is 74.3 Å². The van der Waals surface area contributed by atoms with E-state index in [0.717, 1.165) is 54.0 Å². The number of anilines is 1. The van der Waals surface area contributed by atoms with Crippen LogP contribution in [0.25, 0.3) is 22.0 Å². The molecule has 1 fully saturated rings. The third-order valence-corrected chi connectivity index (χ3v) is 6.49. The molecule has 0 amide bonds. The molecule has 7 heteroatoms. The van der Waals surface area contributed by atoms with Crippen molar-refractivity contribution < 1.29 is 8.42 Å². The Bertz CT molecular complexity index is 1080. The van der Waals surface area contributed by atoms with Crippen LogP contribution in [0.5, 0.6) is 0 Å². The van der Waals surface area contributed by atoms with E-state index in [1.165, 1.54) is 0 Å². The summed E-state index contributed by atoms with van der Waals surface area (Å²) in [7, 11) is -3.45. The second kappa shape index (κ2) is 7.87. The van der Waals surface area contributed by atoms with Crippen LogP contribution in [0.2, 0.25) is 0 Å². The number of nitrogens with one attached hydrogen (secondary N) is 2. The van der Waals surface area contributed by atoms with Gasteiger partial charge in [0.2, 0.25) is 10.0 Å². The van der Waals surface area contributed by atoms with Crippen molar-refractivity contribution in [1.82, 2.24) is 15.0 Å². The average molecular weight is 397 g/mol. The Hall–Kier alpha value is -2.48. The Morgan fingerprint density at radius 2 is 1.79 bits per heavy atom. The molecule has 28 heavy (non-hydrogen) atoms. The Labute approximate surface area is 165 Å². The second-order valence-electron chi connectivity index (χ2n) is 6.81. The van der Waals surface area contributed by atoms with Crippen molar-refractivity contribution >= 4 is 26.6 Å². The molecule has 0 saturated carbocycles. The Balaban J connectivity index is 1.76. The number of rotatable bonds is 5. The molecule has 3 aromatic rings. The molecule has 0 atom stereocenters. The second-order valence-corrected chi connectivity index (χ2v) is 8.58. The predicted molar refractivity (Wildman–Crippen MR) is 113 cm³/mol. The number of piperazine rings is 1. The van der Waals surface area contributed by atoms with Crippen LogP contribution in [0.4, 0.5) is 5.82 Å². The van der Waals surface area contributed by atoms with Gasteiger partial charge in [0.1, 0.15) is 5.82 Å². The normalized spacial score (nSPS) is 15.1. The summed E-state index contributed by atoms with van der Waals surface area (Å²) in [5, 5.41) is 5.65. The Kier molecular flexibility index (Phi) is 5.30. The number of pyridine rings is 1. The lowest BCUT2D eigenvalue weighted by Crippen LogP contribution is -2.44. The van der Waals surface area contributed by atoms with Gasteiger partial charge in [-0.25, -0.2) is 18.1 Å². The zero-order valence-corrected chi connectivity index (χ0v) is 16.7. The minimum atomic E-state index is -3.45. The van der Waals surface area contributed by atoms with Crippen molar-refractivity contribution in [3.05, 3.63) is 54.6 Å². The fraction of sp³-hybridized carbons (Fsp3) is 0.286. The minimum Gasteiger partial charge on any atom is -0.354 e. The van der Waals surface area contributed by atoms with Gasteiger partial charge in [0.25, 0.3) is 0 Å². The van der Waals surface area contributed by atoms with Crippen molar-refractivity contribution in [2.24, 2.45) is 0 Å². The number of nitrogens with zero attached hydrogens (tertiary/aromatic N) is 2. The highest BCUT2D eigenvalue weighted by atomic mass is 32.2. The minimum absolute atomic E-state index is 0.265. The van der Waals surface area contributed by atoms with Crippen molar-refractivity contribution in [1.29, 1.82) is 0 Å². The van der Waals surface area contributed by atoms with Gasteiger partial charge in [-0.05, 0) is 23.6 Å². The molecule has 1 aromatic heterocycles. The van der Waals surface area contributed by atoms with Gasteiger partial charge >= 0.3 is 0 Å². The van der Waals surface area contributed by atoms with Crippen LogP contribution in [-0.4, -0.2) is 46.1 Å². The highest BCUT2D eigenvalue weighted by Gasteiger charge is 2.17. The molecule has 1 saturated heterocycles. The quantitative estimate of drug-likeness (QED) is 0.694. The lowest BCUT2D eigenvalue weighted by Gasteiger charge is -2.29. The van der Waals surface area contributed by atoms with Crippen LogP contribution in [0, 0.1) is 0 Å². The van der Waals surface area contributed by atoms with Crippen molar-refractivity contribution in [3.8, 4) is 11.3 Å². The number of hydrogen-bond donors (Lipinski definition) is 2. The average Bonchev–Trinajstić information content (AvgIpc) is 2.73. The summed E-state index contributed by atoms with van der Waals surface area (Å²) in [5.74, 6) is 0.985. The van der Waals surface area contributed by atoms with E-state index in [2.05, 4.69) is 33.1 Å². The zero-order valence-electron chi connectivity index (χ0n) is 15.9. The first-order chi connectivity index (χ1) is 13.6. The fourth-order valence-electron chi connectivity index (χ4n) is 3.52. The SMILES string of the molecule is CCNS(=O)(=O)c1ccc(-c2cc3ccccc3c(N3CCNCC3)n2)cc1. The molecule has 1 aliphatic rings. The molecule has 0 radical (unpaired) electrons. The van der Waals surface area contributed by atoms with Crippen LogP contribution in [0.3, 0.4) is 0 Å². The number of aromatic nitrogens is 1. The smallest absolute Gasteiger partial charge is 0.240 e. The van der Waals surface area contributed by atoms with E-state index in [-0.39, 0.29) is 4.90 Å². The maximum atomic E-state index is 12.2. The molecule has 0 aliphatic carbocycles.